The molecule has 1 aliphatic rings. The molecule has 0 spiro atoms. The second-order valence-electron chi connectivity index (χ2n) is 7.35. The minimum Gasteiger partial charge on any atom is -0.846 e. The van der Waals surface area contributed by atoms with Gasteiger partial charge >= 0.3 is 37.2 Å². The van der Waals surface area contributed by atoms with Gasteiger partial charge in [-0.1, -0.05) is 66.2 Å². The summed E-state index contributed by atoms with van der Waals surface area (Å²) in [5.41, 5.74) is -1.15. The summed E-state index contributed by atoms with van der Waals surface area (Å²) in [6, 6.07) is -0.845. The van der Waals surface area contributed by atoms with E-state index in [1.807, 2.05) is 13.8 Å². The molecule has 0 aromatic heterocycles. The minimum absolute atomic E-state index is 0. The van der Waals surface area contributed by atoms with Crippen LogP contribution in [0.3, 0.4) is 0 Å². The Kier molecular flexibility index (Phi) is 16.6. The zero-order valence-corrected chi connectivity index (χ0v) is 21.5. The number of nitrogens with zero attached hydrogens (tertiary/aromatic N) is 1. The van der Waals surface area contributed by atoms with Crippen molar-refractivity contribution in [2.24, 2.45) is 16.3 Å². The van der Waals surface area contributed by atoms with Crippen LogP contribution in [0.1, 0.15) is 85.5 Å². The first-order valence-corrected chi connectivity index (χ1v) is 12.0. The fourth-order valence-corrected chi connectivity index (χ4v) is 4.03. The van der Waals surface area contributed by atoms with E-state index in [9.17, 15) is 19.3 Å². The van der Waals surface area contributed by atoms with Crippen molar-refractivity contribution in [3.63, 3.8) is 0 Å². The van der Waals surface area contributed by atoms with Gasteiger partial charge in [0.25, 0.3) is 5.91 Å². The van der Waals surface area contributed by atoms with Crippen LogP contribution in [-0.2, 0) is 14.2 Å². The molecule has 2 amide bonds. The monoisotopic (exact) mass is 442 g/mol. The maximum absolute atomic E-state index is 11.9. The number of hydrogen-bond acceptors (Lipinski definition) is 4. The number of hydrogen-bond donors (Lipinski definition) is 3. The van der Waals surface area contributed by atoms with Gasteiger partial charge in [0.2, 0.25) is 5.91 Å². The first-order valence-electron chi connectivity index (χ1n) is 10.2. The molecule has 10 heteroatoms. The van der Waals surface area contributed by atoms with Crippen molar-refractivity contribution < 1.29 is 58.6 Å². The number of unbranched alkanes of at least 4 members (excludes halogenated alkanes) is 5. The molecule has 1 heterocycles. The van der Waals surface area contributed by atoms with Gasteiger partial charge in [0.1, 0.15) is 5.41 Å². The molecule has 1 aliphatic heterocycles. The standard InChI is InChI=1S/C11H18N2O3.C8H19O3P.Na/c1-4-6-7(3)11(5-2)8(14)12-10(16)13-9(11)15;1-2-3-4-5-6-7-8-12(9,10)11;/h7H,4-6H2,1-3H3,(H2,12,13,14,15,16);2-8H2,1H3,(H2,9,10,11);/q;;+1/p-1. The van der Waals surface area contributed by atoms with Gasteiger partial charge in [0.05, 0.1) is 6.02 Å². The summed E-state index contributed by atoms with van der Waals surface area (Å²) < 4.78 is 10.4. The number of aliphatic imine (C=N–C) groups is 1. The first-order chi connectivity index (χ1) is 13.0. The average molecular weight is 442 g/mol. The normalized spacial score (nSPS) is 20.0. The SMILES string of the molecule is CCCC(C)C1(CC)C(=O)N=C([O-])NC1=O.CCCCCCCCP(=O)(O)O.[Na+]. The third-order valence-corrected chi connectivity index (χ3v) is 6.03. The van der Waals surface area contributed by atoms with E-state index in [4.69, 9.17) is 9.79 Å². The molecule has 3 N–H and O–H groups in total. The van der Waals surface area contributed by atoms with E-state index in [0.29, 0.717) is 12.8 Å². The molecular formula is C19H36N2NaO6P. The molecule has 0 bridgehead atoms. The van der Waals surface area contributed by atoms with Crippen LogP contribution in [0.25, 0.3) is 0 Å². The molecule has 0 aromatic carbocycles. The van der Waals surface area contributed by atoms with E-state index >= 15 is 0 Å². The number of amidine groups is 1. The zero-order chi connectivity index (χ0) is 21.8. The van der Waals surface area contributed by atoms with Crippen molar-refractivity contribution in [1.29, 1.82) is 0 Å². The zero-order valence-electron chi connectivity index (χ0n) is 18.6. The first kappa shape index (κ1) is 30.9. The number of carbonyl (C=O) groups is 2. The molecule has 2 atom stereocenters. The summed E-state index contributed by atoms with van der Waals surface area (Å²) in [7, 11) is -3.72. The Morgan fingerprint density at radius 2 is 1.62 bits per heavy atom. The van der Waals surface area contributed by atoms with E-state index in [2.05, 4.69) is 17.2 Å². The second-order valence-corrected chi connectivity index (χ2v) is 9.12. The Morgan fingerprint density at radius 3 is 2.07 bits per heavy atom. The van der Waals surface area contributed by atoms with Crippen LogP contribution in [-0.4, -0.2) is 33.8 Å². The van der Waals surface area contributed by atoms with E-state index in [1.165, 1.54) is 19.3 Å². The molecular weight excluding hydrogens is 406 g/mol. The van der Waals surface area contributed by atoms with Gasteiger partial charge in [0, 0.05) is 6.16 Å². The fourth-order valence-electron chi connectivity index (χ4n) is 3.40. The molecule has 0 aromatic rings. The molecule has 1 rings (SSSR count). The van der Waals surface area contributed by atoms with Crippen molar-refractivity contribution >= 4 is 25.4 Å². The van der Waals surface area contributed by atoms with Crippen LogP contribution in [0, 0.1) is 11.3 Å². The smallest absolute Gasteiger partial charge is 0.846 e. The molecule has 2 unspecified atom stereocenters. The molecule has 164 valence electrons. The molecule has 0 saturated carbocycles. The van der Waals surface area contributed by atoms with Crippen molar-refractivity contribution in [3.8, 4) is 0 Å². The second kappa shape index (κ2) is 15.5. The van der Waals surface area contributed by atoms with Crippen molar-refractivity contribution in [2.45, 2.75) is 85.5 Å². The topological polar surface area (TPSA) is 139 Å². The van der Waals surface area contributed by atoms with Gasteiger partial charge in [-0.2, -0.15) is 0 Å². The molecule has 0 radical (unpaired) electrons. The number of carbonyl (C=O) groups excluding carboxylic acids is 2. The number of nitrogens with one attached hydrogen (secondary N) is 1. The summed E-state index contributed by atoms with van der Waals surface area (Å²) in [5.74, 6) is -1.20. The summed E-state index contributed by atoms with van der Waals surface area (Å²) in [6.45, 7) is 7.77. The van der Waals surface area contributed by atoms with E-state index in [-0.39, 0.29) is 41.6 Å². The Morgan fingerprint density at radius 1 is 1.07 bits per heavy atom. The summed E-state index contributed by atoms with van der Waals surface area (Å²) in [5, 5.41) is 13.1. The van der Waals surface area contributed by atoms with Gasteiger partial charge in [-0.3, -0.25) is 14.2 Å². The van der Waals surface area contributed by atoms with Gasteiger partial charge in [0.15, 0.2) is 0 Å². The van der Waals surface area contributed by atoms with E-state index in [0.717, 1.165) is 25.7 Å². The van der Waals surface area contributed by atoms with Gasteiger partial charge in [-0.15, -0.1) is 0 Å². The van der Waals surface area contributed by atoms with Gasteiger partial charge in [-0.05, 0) is 25.2 Å². The molecule has 0 aliphatic carbocycles. The third-order valence-electron chi connectivity index (χ3n) is 5.13. The van der Waals surface area contributed by atoms with Crippen molar-refractivity contribution in [1.82, 2.24) is 5.32 Å². The molecule has 0 fully saturated rings. The Balaban J connectivity index is 0. The Hall–Kier alpha value is -0.240. The van der Waals surface area contributed by atoms with Crippen LogP contribution in [0.5, 0.6) is 0 Å². The number of rotatable bonds is 11. The maximum Gasteiger partial charge on any atom is 1.00 e. The van der Waals surface area contributed by atoms with Crippen molar-refractivity contribution in [3.05, 3.63) is 0 Å². The van der Waals surface area contributed by atoms with Crippen LogP contribution in [0.2, 0.25) is 0 Å². The molecule has 29 heavy (non-hydrogen) atoms. The van der Waals surface area contributed by atoms with E-state index in [1.54, 1.807) is 6.92 Å². The Bertz CT molecular complexity index is 581. The predicted octanol–water partition coefficient (Wildman–Crippen LogP) is -0.280. The van der Waals surface area contributed by atoms with Crippen LogP contribution in [0.15, 0.2) is 4.99 Å². The van der Waals surface area contributed by atoms with Crippen LogP contribution < -0.4 is 40.0 Å². The quantitative estimate of drug-likeness (QED) is 0.174. The van der Waals surface area contributed by atoms with Gasteiger partial charge in [-0.25, -0.2) is 4.99 Å². The van der Waals surface area contributed by atoms with Crippen molar-refractivity contribution in [2.75, 3.05) is 6.16 Å². The van der Waals surface area contributed by atoms with Crippen LogP contribution in [0.4, 0.5) is 0 Å². The molecule has 8 nitrogen and oxygen atoms in total. The average Bonchev–Trinajstić information content (AvgIpc) is 2.58. The molecule has 0 saturated heterocycles. The summed E-state index contributed by atoms with van der Waals surface area (Å²) in [6.07, 6.45) is 8.42. The Labute approximate surface area is 196 Å². The minimum atomic E-state index is -3.72. The van der Waals surface area contributed by atoms with E-state index < -0.39 is 30.8 Å². The predicted molar refractivity (Wildman–Crippen MR) is 108 cm³/mol. The fraction of sp³-hybridized carbons (Fsp3) is 0.842. The van der Waals surface area contributed by atoms with Crippen LogP contribution >= 0.6 is 7.60 Å². The maximum atomic E-state index is 11.9. The van der Waals surface area contributed by atoms with Gasteiger partial charge < -0.3 is 20.2 Å². The third kappa shape index (κ3) is 11.1. The largest absolute Gasteiger partial charge is 1.00 e. The summed E-state index contributed by atoms with van der Waals surface area (Å²) >= 11 is 0. The number of amides is 2. The summed E-state index contributed by atoms with van der Waals surface area (Å²) in [4.78, 5) is 44.1.